The van der Waals surface area contributed by atoms with Gasteiger partial charge in [0, 0.05) is 11.8 Å². The number of alkyl halides is 3. The highest BCUT2D eigenvalue weighted by Crippen LogP contribution is 2.31. The van der Waals surface area contributed by atoms with Crippen molar-refractivity contribution in [1.29, 1.82) is 0 Å². The van der Waals surface area contributed by atoms with Gasteiger partial charge in [-0.2, -0.15) is 13.2 Å². The summed E-state index contributed by atoms with van der Waals surface area (Å²) in [7, 11) is 0. The average Bonchev–Trinajstić information content (AvgIpc) is 2.80. The minimum absolute atomic E-state index is 0.143. The largest absolute Gasteiger partial charge is 0.416 e. The van der Waals surface area contributed by atoms with E-state index in [9.17, 15) is 18.0 Å². The summed E-state index contributed by atoms with van der Waals surface area (Å²) in [4.78, 5) is 16.2. The summed E-state index contributed by atoms with van der Waals surface area (Å²) in [6.07, 6.45) is -3.03. The second-order valence-electron chi connectivity index (χ2n) is 5.12. The highest BCUT2D eigenvalue weighted by atomic mass is 19.4. The van der Waals surface area contributed by atoms with Gasteiger partial charge in [0.1, 0.15) is 11.6 Å². The Kier molecular flexibility index (Phi) is 4.72. The zero-order valence-electron chi connectivity index (χ0n) is 12.9. The second-order valence-corrected chi connectivity index (χ2v) is 5.12. The van der Waals surface area contributed by atoms with Gasteiger partial charge in [-0.1, -0.05) is 12.1 Å². The summed E-state index contributed by atoms with van der Waals surface area (Å²) < 4.78 is 43.1. The maximum absolute atomic E-state index is 12.7. The number of anilines is 1. The molecule has 2 heterocycles. The molecule has 0 aromatic carbocycles. The van der Waals surface area contributed by atoms with Gasteiger partial charge in [-0.15, -0.1) is 0 Å². The number of halogens is 3. The lowest BCUT2D eigenvalue weighted by Gasteiger charge is -2.15. The van der Waals surface area contributed by atoms with Gasteiger partial charge in [-0.05, 0) is 32.4 Å². The molecule has 0 aliphatic carbocycles. The fraction of sp³-hybridized carbons (Fsp3) is 0.400. The zero-order chi connectivity index (χ0) is 17.2. The van der Waals surface area contributed by atoms with Gasteiger partial charge < -0.3 is 9.84 Å². The van der Waals surface area contributed by atoms with Crippen molar-refractivity contribution in [2.45, 2.75) is 39.3 Å². The first-order valence-electron chi connectivity index (χ1n) is 7.01. The van der Waals surface area contributed by atoms with E-state index in [1.54, 1.807) is 20.8 Å². The number of aromatic nitrogens is 2. The van der Waals surface area contributed by atoms with Crippen LogP contribution >= 0.6 is 0 Å². The molecule has 2 aromatic heterocycles. The summed E-state index contributed by atoms with van der Waals surface area (Å²) in [6.45, 7) is 5.20. The van der Waals surface area contributed by atoms with E-state index in [2.05, 4.69) is 15.5 Å². The lowest BCUT2D eigenvalue weighted by molar-refractivity contribution is -0.137. The molecule has 0 radical (unpaired) electrons. The van der Waals surface area contributed by atoms with Crippen molar-refractivity contribution >= 4 is 11.7 Å². The van der Waals surface area contributed by atoms with Crippen molar-refractivity contribution in [2.24, 2.45) is 0 Å². The van der Waals surface area contributed by atoms with E-state index in [0.717, 1.165) is 18.3 Å². The molecule has 23 heavy (non-hydrogen) atoms. The Morgan fingerprint density at radius 1 is 1.39 bits per heavy atom. The summed E-state index contributed by atoms with van der Waals surface area (Å²) in [5.74, 6) is -0.650. The third-order valence-electron chi connectivity index (χ3n) is 3.50. The topological polar surface area (TPSA) is 68.0 Å². The summed E-state index contributed by atoms with van der Waals surface area (Å²) in [6, 6.07) is 1.65. The fourth-order valence-electron chi connectivity index (χ4n) is 2.40. The number of amides is 1. The molecule has 1 N–H and O–H groups in total. The van der Waals surface area contributed by atoms with E-state index in [1.807, 2.05) is 0 Å². The average molecular weight is 327 g/mol. The molecule has 8 heteroatoms. The van der Waals surface area contributed by atoms with Crippen LogP contribution in [0.25, 0.3) is 0 Å². The Morgan fingerprint density at radius 2 is 2.09 bits per heavy atom. The predicted octanol–water partition coefficient (Wildman–Crippen LogP) is 3.84. The van der Waals surface area contributed by atoms with Crippen molar-refractivity contribution in [3.05, 3.63) is 40.9 Å². The number of aryl methyl sites for hydroxylation is 2. The molecule has 2 rings (SSSR count). The Balaban J connectivity index is 2.24. The number of hydrogen-bond donors (Lipinski definition) is 1. The Labute approximate surface area is 130 Å². The molecule has 0 aliphatic heterocycles. The van der Waals surface area contributed by atoms with Crippen LogP contribution in [0, 0.1) is 13.8 Å². The third kappa shape index (κ3) is 3.69. The number of carbonyl (C=O) groups is 1. The maximum Gasteiger partial charge on any atom is 0.416 e. The maximum atomic E-state index is 12.7. The first kappa shape index (κ1) is 17.0. The van der Waals surface area contributed by atoms with Crippen LogP contribution in [-0.2, 0) is 11.0 Å². The molecule has 1 atom stereocenters. The number of rotatable bonds is 4. The van der Waals surface area contributed by atoms with E-state index in [-0.39, 0.29) is 5.82 Å². The minimum atomic E-state index is -4.49. The van der Waals surface area contributed by atoms with Crippen molar-refractivity contribution < 1.29 is 22.5 Å². The number of carbonyl (C=O) groups excluding carboxylic acids is 1. The molecule has 5 nitrogen and oxygen atoms in total. The van der Waals surface area contributed by atoms with E-state index < -0.39 is 23.6 Å². The van der Waals surface area contributed by atoms with E-state index in [0.29, 0.717) is 23.4 Å². The monoisotopic (exact) mass is 327 g/mol. The molecule has 0 bridgehead atoms. The molecule has 0 saturated carbocycles. The smallest absolute Gasteiger partial charge is 0.361 e. The number of nitrogens with zero attached hydrogens (tertiary/aromatic N) is 2. The fourth-order valence-corrected chi connectivity index (χ4v) is 2.40. The molecular formula is C15H16F3N3O2. The highest BCUT2D eigenvalue weighted by molar-refractivity contribution is 5.95. The molecule has 1 unspecified atom stereocenters. The molecule has 0 saturated heterocycles. The van der Waals surface area contributed by atoms with Crippen LogP contribution in [0.5, 0.6) is 0 Å². The molecule has 0 fully saturated rings. The van der Waals surface area contributed by atoms with Crippen molar-refractivity contribution in [3.8, 4) is 0 Å². The van der Waals surface area contributed by atoms with Crippen LogP contribution in [0.2, 0.25) is 0 Å². The van der Waals surface area contributed by atoms with Gasteiger partial charge in [0.25, 0.3) is 0 Å². The third-order valence-corrected chi connectivity index (χ3v) is 3.50. The normalized spacial score (nSPS) is 13.0. The number of pyridine rings is 1. The van der Waals surface area contributed by atoms with Crippen LogP contribution < -0.4 is 5.32 Å². The lowest BCUT2D eigenvalue weighted by atomic mass is 9.94. The van der Waals surface area contributed by atoms with E-state index >= 15 is 0 Å². The van der Waals surface area contributed by atoms with Crippen LogP contribution in [0.4, 0.5) is 19.0 Å². The molecular weight excluding hydrogens is 311 g/mol. The van der Waals surface area contributed by atoms with Gasteiger partial charge >= 0.3 is 6.18 Å². The van der Waals surface area contributed by atoms with E-state index in [4.69, 9.17) is 4.52 Å². The standard InChI is InChI=1S/C15H16F3N3O2/c1-4-11(13-8(2)21-23-9(13)3)14(22)20-12-7-10(5-6-19-12)15(16,17)18/h5-7,11H,4H2,1-3H3,(H,19,20,22). The summed E-state index contributed by atoms with van der Waals surface area (Å²) in [5, 5.41) is 6.23. The molecule has 0 aliphatic rings. The predicted molar refractivity (Wildman–Crippen MR) is 76.9 cm³/mol. The molecule has 0 spiro atoms. The number of hydrogen-bond acceptors (Lipinski definition) is 4. The van der Waals surface area contributed by atoms with Crippen molar-refractivity contribution in [2.75, 3.05) is 5.32 Å². The van der Waals surface area contributed by atoms with Gasteiger partial charge in [0.15, 0.2) is 0 Å². The van der Waals surface area contributed by atoms with Gasteiger partial charge in [0.05, 0.1) is 17.2 Å². The quantitative estimate of drug-likeness (QED) is 0.926. The summed E-state index contributed by atoms with van der Waals surface area (Å²) in [5.41, 5.74) is 0.367. The van der Waals surface area contributed by atoms with Gasteiger partial charge in [-0.3, -0.25) is 4.79 Å². The molecule has 1 amide bonds. The van der Waals surface area contributed by atoms with Gasteiger partial charge in [0.2, 0.25) is 5.91 Å². The van der Waals surface area contributed by atoms with Crippen LogP contribution in [0.3, 0.4) is 0 Å². The lowest BCUT2D eigenvalue weighted by Crippen LogP contribution is -2.22. The van der Waals surface area contributed by atoms with E-state index in [1.165, 1.54) is 0 Å². The zero-order valence-corrected chi connectivity index (χ0v) is 12.9. The van der Waals surface area contributed by atoms with Crippen LogP contribution in [-0.4, -0.2) is 16.0 Å². The van der Waals surface area contributed by atoms with Crippen LogP contribution in [0.15, 0.2) is 22.9 Å². The summed E-state index contributed by atoms with van der Waals surface area (Å²) >= 11 is 0. The van der Waals surface area contributed by atoms with Gasteiger partial charge in [-0.25, -0.2) is 4.98 Å². The SMILES string of the molecule is CCC(C(=O)Nc1cc(C(F)(F)F)ccn1)c1c(C)noc1C. The van der Waals surface area contributed by atoms with Crippen molar-refractivity contribution in [3.63, 3.8) is 0 Å². The van der Waals surface area contributed by atoms with Crippen molar-refractivity contribution in [1.82, 2.24) is 10.1 Å². The molecule has 2 aromatic rings. The Hall–Kier alpha value is -2.38. The highest BCUT2D eigenvalue weighted by Gasteiger charge is 2.31. The molecule has 124 valence electrons. The minimum Gasteiger partial charge on any atom is -0.361 e. The first-order chi connectivity index (χ1) is 10.7. The Bertz CT molecular complexity index is 691. The van der Waals surface area contributed by atoms with Crippen LogP contribution in [0.1, 0.15) is 41.8 Å². The Morgan fingerprint density at radius 3 is 2.61 bits per heavy atom. The second kappa shape index (κ2) is 6.39. The number of nitrogens with one attached hydrogen (secondary N) is 1. The first-order valence-corrected chi connectivity index (χ1v) is 7.01.